The van der Waals surface area contributed by atoms with Crippen LogP contribution >= 0.6 is 22.9 Å². The lowest BCUT2D eigenvalue weighted by atomic mass is 9.79. The average Bonchev–Trinajstić information content (AvgIpc) is 3.22. The van der Waals surface area contributed by atoms with Gasteiger partial charge < -0.3 is 4.74 Å². The molecule has 7 nitrogen and oxygen atoms in total. The van der Waals surface area contributed by atoms with Crippen LogP contribution in [0.1, 0.15) is 35.9 Å². The van der Waals surface area contributed by atoms with E-state index in [2.05, 4.69) is 28.2 Å². The van der Waals surface area contributed by atoms with E-state index in [4.69, 9.17) is 16.3 Å². The van der Waals surface area contributed by atoms with Gasteiger partial charge in [-0.05, 0) is 31.4 Å². The molecule has 2 atom stereocenters. The fourth-order valence-corrected chi connectivity index (χ4v) is 6.10. The lowest BCUT2D eigenvalue weighted by Crippen LogP contribution is -2.50. The number of likely N-dealkylation sites (tertiary alicyclic amines) is 1. The standard InChI is InChI=1S/C18H25ClN4O3S2/c1-13-10-18(15-9-17(19)27-16(15)3-7-26-18)4-5-22(13)11-14-12-23(21-20-14)6-8-28(2,24)25/h9,12-13H,3-8,10-11H2,1-2H3/t13-,18+/m0/s1. The molecule has 0 saturated carbocycles. The van der Waals surface area contributed by atoms with Crippen LogP contribution in [0.4, 0.5) is 0 Å². The number of fused-ring (bicyclic) bond motifs is 2. The molecule has 1 saturated heterocycles. The number of rotatable bonds is 5. The molecule has 28 heavy (non-hydrogen) atoms. The minimum absolute atomic E-state index is 0.0707. The summed E-state index contributed by atoms with van der Waals surface area (Å²) < 4.78 is 31.4. The topological polar surface area (TPSA) is 77.3 Å². The van der Waals surface area contributed by atoms with Crippen LogP contribution in [0.25, 0.3) is 0 Å². The Morgan fingerprint density at radius 1 is 1.46 bits per heavy atom. The predicted molar refractivity (Wildman–Crippen MR) is 110 cm³/mol. The molecule has 0 aliphatic carbocycles. The van der Waals surface area contributed by atoms with Gasteiger partial charge in [0, 0.05) is 42.9 Å². The van der Waals surface area contributed by atoms with Crippen LogP contribution in [0, 0.1) is 0 Å². The molecule has 4 rings (SSSR count). The third-order valence-corrected chi connectivity index (χ3v) is 7.92. The second kappa shape index (κ2) is 7.68. The Balaban J connectivity index is 1.41. The van der Waals surface area contributed by atoms with Crippen molar-refractivity contribution < 1.29 is 13.2 Å². The summed E-state index contributed by atoms with van der Waals surface area (Å²) in [6.07, 6.45) is 5.88. The van der Waals surface area contributed by atoms with Crippen LogP contribution < -0.4 is 0 Å². The highest BCUT2D eigenvalue weighted by atomic mass is 35.5. The van der Waals surface area contributed by atoms with Crippen LogP contribution in [0.5, 0.6) is 0 Å². The van der Waals surface area contributed by atoms with Crippen molar-refractivity contribution in [2.75, 3.05) is 25.2 Å². The van der Waals surface area contributed by atoms with Gasteiger partial charge in [0.05, 0.1) is 34.5 Å². The highest BCUT2D eigenvalue weighted by molar-refractivity contribution is 7.90. The zero-order valence-electron chi connectivity index (χ0n) is 16.1. The number of hydrogen-bond acceptors (Lipinski definition) is 7. The molecule has 0 bridgehead atoms. The molecule has 10 heteroatoms. The van der Waals surface area contributed by atoms with Crippen molar-refractivity contribution in [3.05, 3.63) is 32.7 Å². The Labute approximate surface area is 174 Å². The van der Waals surface area contributed by atoms with E-state index < -0.39 is 9.84 Å². The highest BCUT2D eigenvalue weighted by Crippen LogP contribution is 2.47. The molecule has 0 radical (unpaired) electrons. The van der Waals surface area contributed by atoms with Crippen LogP contribution in [-0.2, 0) is 39.7 Å². The number of ether oxygens (including phenoxy) is 1. The maximum atomic E-state index is 11.3. The second-order valence-corrected chi connectivity index (χ2v) is 11.9. The van der Waals surface area contributed by atoms with E-state index in [0.29, 0.717) is 19.1 Å². The number of aryl methyl sites for hydroxylation is 1. The average molecular weight is 445 g/mol. The van der Waals surface area contributed by atoms with E-state index in [9.17, 15) is 8.42 Å². The van der Waals surface area contributed by atoms with Crippen LogP contribution in [0.2, 0.25) is 4.34 Å². The number of hydrogen-bond donors (Lipinski definition) is 0. The largest absolute Gasteiger partial charge is 0.370 e. The molecule has 0 unspecified atom stereocenters. The van der Waals surface area contributed by atoms with Crippen molar-refractivity contribution >= 4 is 32.8 Å². The lowest BCUT2D eigenvalue weighted by molar-refractivity contribution is -0.112. The third kappa shape index (κ3) is 4.28. The van der Waals surface area contributed by atoms with Crippen molar-refractivity contribution in [3.63, 3.8) is 0 Å². The summed E-state index contributed by atoms with van der Waals surface area (Å²) >= 11 is 7.96. The van der Waals surface area contributed by atoms with E-state index >= 15 is 0 Å². The van der Waals surface area contributed by atoms with Crippen molar-refractivity contribution in [1.82, 2.24) is 19.9 Å². The van der Waals surface area contributed by atoms with Crippen LogP contribution in [0.15, 0.2) is 12.3 Å². The van der Waals surface area contributed by atoms with Crippen molar-refractivity contribution in [1.29, 1.82) is 0 Å². The molecular weight excluding hydrogens is 420 g/mol. The van der Waals surface area contributed by atoms with Gasteiger partial charge in [0.25, 0.3) is 0 Å². The number of sulfone groups is 1. The first kappa shape index (κ1) is 20.3. The minimum atomic E-state index is -3.01. The first-order valence-corrected chi connectivity index (χ1v) is 12.7. The fourth-order valence-electron chi connectivity index (χ4n) is 4.24. The maximum Gasteiger partial charge on any atom is 0.149 e. The quantitative estimate of drug-likeness (QED) is 0.705. The first-order valence-electron chi connectivity index (χ1n) is 9.47. The monoisotopic (exact) mass is 444 g/mol. The zero-order valence-corrected chi connectivity index (χ0v) is 18.5. The van der Waals surface area contributed by atoms with E-state index in [1.54, 1.807) is 16.0 Å². The van der Waals surface area contributed by atoms with Crippen molar-refractivity contribution in [2.45, 2.75) is 50.9 Å². The van der Waals surface area contributed by atoms with E-state index in [0.717, 1.165) is 42.4 Å². The summed E-state index contributed by atoms with van der Waals surface area (Å²) in [6.45, 7) is 4.92. The van der Waals surface area contributed by atoms with Gasteiger partial charge in [-0.2, -0.15) is 0 Å². The molecule has 0 aromatic carbocycles. The van der Waals surface area contributed by atoms with Gasteiger partial charge in [0.15, 0.2) is 0 Å². The molecular formula is C18H25ClN4O3S2. The smallest absolute Gasteiger partial charge is 0.149 e. The normalized spacial score (nSPS) is 25.9. The van der Waals surface area contributed by atoms with Gasteiger partial charge in [0.1, 0.15) is 9.84 Å². The maximum absolute atomic E-state index is 11.3. The van der Waals surface area contributed by atoms with Gasteiger partial charge in [-0.15, -0.1) is 16.4 Å². The van der Waals surface area contributed by atoms with E-state index in [-0.39, 0.29) is 11.4 Å². The summed E-state index contributed by atoms with van der Waals surface area (Å²) in [5.41, 5.74) is 1.92. The first-order chi connectivity index (χ1) is 13.2. The molecule has 0 N–H and O–H groups in total. The van der Waals surface area contributed by atoms with Gasteiger partial charge in [0.2, 0.25) is 0 Å². The number of thiophene rings is 1. The molecule has 0 amide bonds. The summed E-state index contributed by atoms with van der Waals surface area (Å²) in [5, 5.41) is 8.28. The molecule has 1 spiro atoms. The molecule has 1 fully saturated rings. The Hall–Kier alpha value is -1.00. The third-order valence-electron chi connectivity index (χ3n) is 5.67. The number of piperidine rings is 1. The Kier molecular flexibility index (Phi) is 5.56. The SMILES string of the molecule is C[C@H]1C[C@@]2(CCN1Cc1cn(CCS(C)(=O)=O)nn1)OCCc1sc(Cl)cc12. The summed E-state index contributed by atoms with van der Waals surface area (Å²) in [4.78, 5) is 3.76. The van der Waals surface area contributed by atoms with E-state index in [1.807, 2.05) is 6.20 Å². The second-order valence-electron chi connectivity index (χ2n) is 7.86. The zero-order chi connectivity index (χ0) is 19.9. The molecule has 2 aliphatic rings. The Morgan fingerprint density at radius 3 is 3.04 bits per heavy atom. The molecule has 2 aromatic rings. The van der Waals surface area contributed by atoms with Crippen molar-refractivity contribution in [2.24, 2.45) is 0 Å². The van der Waals surface area contributed by atoms with Crippen molar-refractivity contribution in [3.8, 4) is 0 Å². The number of nitrogens with zero attached hydrogens (tertiary/aromatic N) is 4. The molecule has 154 valence electrons. The Bertz CT molecular complexity index is 958. The van der Waals surface area contributed by atoms with Gasteiger partial charge in [-0.3, -0.25) is 9.58 Å². The van der Waals surface area contributed by atoms with Gasteiger partial charge in [-0.25, -0.2) is 8.42 Å². The number of aromatic nitrogens is 3. The lowest BCUT2D eigenvalue weighted by Gasteiger charge is -2.47. The van der Waals surface area contributed by atoms with Crippen LogP contribution in [0.3, 0.4) is 0 Å². The predicted octanol–water partition coefficient (Wildman–Crippen LogP) is 2.49. The van der Waals surface area contributed by atoms with Crippen LogP contribution in [-0.4, -0.2) is 59.5 Å². The summed E-state index contributed by atoms with van der Waals surface area (Å²) in [5.74, 6) is 0.0707. The van der Waals surface area contributed by atoms with Gasteiger partial charge in [-0.1, -0.05) is 16.8 Å². The number of halogens is 1. The fraction of sp³-hybridized carbons (Fsp3) is 0.667. The highest BCUT2D eigenvalue weighted by Gasteiger charge is 2.44. The molecule has 2 aliphatic heterocycles. The van der Waals surface area contributed by atoms with Gasteiger partial charge >= 0.3 is 0 Å². The van der Waals surface area contributed by atoms with E-state index in [1.165, 1.54) is 16.7 Å². The summed E-state index contributed by atoms with van der Waals surface area (Å²) in [7, 11) is -3.01. The summed E-state index contributed by atoms with van der Waals surface area (Å²) in [6, 6.07) is 2.43. The Morgan fingerprint density at radius 2 is 2.29 bits per heavy atom. The minimum Gasteiger partial charge on any atom is -0.370 e. The molecule has 4 heterocycles. The molecule has 2 aromatic heterocycles.